The molecule has 0 saturated heterocycles. The highest BCUT2D eigenvalue weighted by Crippen LogP contribution is 2.40. The summed E-state index contributed by atoms with van der Waals surface area (Å²) in [5.41, 5.74) is 5.33. The van der Waals surface area contributed by atoms with E-state index in [-0.39, 0.29) is 18.3 Å². The molecule has 0 amide bonds. The van der Waals surface area contributed by atoms with Crippen molar-refractivity contribution in [2.45, 2.75) is 33.1 Å². The summed E-state index contributed by atoms with van der Waals surface area (Å²) in [6.45, 7) is 6.10. The van der Waals surface area contributed by atoms with Crippen molar-refractivity contribution >= 4 is 17.3 Å². The molecule has 0 radical (unpaired) electrons. The Morgan fingerprint density at radius 3 is 2.15 bits per heavy atom. The van der Waals surface area contributed by atoms with Crippen LogP contribution in [0.2, 0.25) is 0 Å². The van der Waals surface area contributed by atoms with Gasteiger partial charge in [-0.05, 0) is 50.0 Å². The van der Waals surface area contributed by atoms with E-state index in [9.17, 15) is 9.59 Å². The fourth-order valence-corrected chi connectivity index (χ4v) is 3.48. The summed E-state index contributed by atoms with van der Waals surface area (Å²) in [4.78, 5) is 25.3. The lowest BCUT2D eigenvalue weighted by molar-refractivity contribution is -0.151. The molecule has 2 aromatic rings. The van der Waals surface area contributed by atoms with E-state index in [1.165, 1.54) is 5.56 Å². The van der Waals surface area contributed by atoms with Gasteiger partial charge in [0.15, 0.2) is 5.78 Å². The molecule has 0 aliphatic heterocycles. The summed E-state index contributed by atoms with van der Waals surface area (Å²) in [5.74, 6) is -1.58. The van der Waals surface area contributed by atoms with E-state index in [1.54, 1.807) is 13.0 Å². The summed E-state index contributed by atoms with van der Waals surface area (Å²) in [6, 6.07) is 16.2. The molecule has 26 heavy (non-hydrogen) atoms. The van der Waals surface area contributed by atoms with Gasteiger partial charge >= 0.3 is 5.97 Å². The Kier molecular flexibility index (Phi) is 5.36. The van der Waals surface area contributed by atoms with Crippen LogP contribution in [0.4, 0.5) is 0 Å². The van der Waals surface area contributed by atoms with Crippen LogP contribution in [0.1, 0.15) is 41.5 Å². The maximum absolute atomic E-state index is 12.8. The van der Waals surface area contributed by atoms with Crippen LogP contribution in [0.15, 0.2) is 54.6 Å². The van der Waals surface area contributed by atoms with Crippen LogP contribution in [0.25, 0.3) is 5.57 Å². The van der Waals surface area contributed by atoms with Crippen molar-refractivity contribution in [3.05, 3.63) is 76.9 Å². The summed E-state index contributed by atoms with van der Waals surface area (Å²) >= 11 is 0. The predicted molar refractivity (Wildman–Crippen MR) is 103 cm³/mol. The molecular formula is C23H24O3. The third-order valence-corrected chi connectivity index (χ3v) is 4.93. The number of carbonyl (C=O) groups is 2. The Hall–Kier alpha value is -2.68. The molecule has 3 heteroatoms. The first-order valence-electron chi connectivity index (χ1n) is 9.04. The maximum atomic E-state index is 12.8. The molecule has 1 aliphatic rings. The minimum atomic E-state index is -0.771. The van der Waals surface area contributed by atoms with Gasteiger partial charge in [-0.2, -0.15) is 0 Å². The Morgan fingerprint density at radius 1 is 1.00 bits per heavy atom. The fraction of sp³-hybridized carbons (Fsp3) is 0.304. The molecule has 0 bridgehead atoms. The zero-order valence-corrected chi connectivity index (χ0v) is 15.5. The van der Waals surface area contributed by atoms with E-state index in [0.29, 0.717) is 6.42 Å². The Balaban J connectivity index is 2.01. The number of aryl methyl sites for hydroxylation is 2. The second-order valence-electron chi connectivity index (χ2n) is 6.89. The van der Waals surface area contributed by atoms with E-state index >= 15 is 0 Å². The van der Waals surface area contributed by atoms with Crippen LogP contribution in [-0.2, 0) is 14.3 Å². The zero-order valence-electron chi connectivity index (χ0n) is 15.5. The van der Waals surface area contributed by atoms with Gasteiger partial charge in [0.25, 0.3) is 0 Å². The van der Waals surface area contributed by atoms with Crippen LogP contribution in [0.5, 0.6) is 0 Å². The van der Waals surface area contributed by atoms with Crippen molar-refractivity contribution in [1.29, 1.82) is 0 Å². The van der Waals surface area contributed by atoms with Crippen molar-refractivity contribution in [3.8, 4) is 0 Å². The predicted octanol–water partition coefficient (Wildman–Crippen LogP) is 4.62. The van der Waals surface area contributed by atoms with Crippen LogP contribution < -0.4 is 0 Å². The fourth-order valence-electron chi connectivity index (χ4n) is 3.48. The third kappa shape index (κ3) is 3.77. The number of hydrogen-bond acceptors (Lipinski definition) is 3. The molecule has 0 heterocycles. The summed E-state index contributed by atoms with van der Waals surface area (Å²) in [6.07, 6.45) is 2.26. The first-order chi connectivity index (χ1) is 12.5. The number of hydrogen-bond donors (Lipinski definition) is 0. The molecule has 3 rings (SSSR count). The van der Waals surface area contributed by atoms with E-state index in [2.05, 4.69) is 0 Å². The van der Waals surface area contributed by atoms with Gasteiger partial charge < -0.3 is 4.74 Å². The van der Waals surface area contributed by atoms with E-state index in [0.717, 1.165) is 22.3 Å². The first kappa shape index (κ1) is 18.1. The number of ether oxygens (including phenoxy) is 1. The quantitative estimate of drug-likeness (QED) is 0.598. The standard InChI is InChI=1S/C23H24O3/c1-4-26-23(25)22-20(18-11-7-16(3)8-12-18)13-19(14-21(22)24)17-9-5-15(2)6-10-17/h5-12,14,20,22H,4,13H2,1-3H3/t20-,22+/m1/s1. The van der Waals surface area contributed by atoms with Gasteiger partial charge in [-0.1, -0.05) is 59.7 Å². The van der Waals surface area contributed by atoms with Gasteiger partial charge in [0.1, 0.15) is 5.92 Å². The molecule has 0 spiro atoms. The van der Waals surface area contributed by atoms with Crippen molar-refractivity contribution in [3.63, 3.8) is 0 Å². The largest absolute Gasteiger partial charge is 0.465 e. The number of benzene rings is 2. The van der Waals surface area contributed by atoms with Crippen LogP contribution in [-0.4, -0.2) is 18.4 Å². The molecule has 1 aliphatic carbocycles. The van der Waals surface area contributed by atoms with Crippen LogP contribution >= 0.6 is 0 Å². The summed E-state index contributed by atoms with van der Waals surface area (Å²) in [7, 11) is 0. The van der Waals surface area contributed by atoms with Crippen molar-refractivity contribution in [1.82, 2.24) is 0 Å². The molecule has 0 saturated carbocycles. The number of esters is 1. The van der Waals surface area contributed by atoms with Crippen molar-refractivity contribution < 1.29 is 14.3 Å². The topological polar surface area (TPSA) is 43.4 Å². The van der Waals surface area contributed by atoms with Gasteiger partial charge in [-0.15, -0.1) is 0 Å². The minimum absolute atomic E-state index is 0.171. The molecule has 134 valence electrons. The molecule has 0 unspecified atom stereocenters. The smallest absolute Gasteiger partial charge is 0.317 e. The highest BCUT2D eigenvalue weighted by Gasteiger charge is 2.39. The van der Waals surface area contributed by atoms with E-state index < -0.39 is 11.9 Å². The Bertz CT molecular complexity index is 829. The Labute approximate surface area is 154 Å². The molecule has 0 fully saturated rings. The van der Waals surface area contributed by atoms with Gasteiger partial charge in [0, 0.05) is 5.92 Å². The lowest BCUT2D eigenvalue weighted by atomic mass is 9.73. The first-order valence-corrected chi connectivity index (χ1v) is 9.04. The second kappa shape index (κ2) is 7.69. The SMILES string of the molecule is CCOC(=O)[C@@H]1C(=O)C=C(c2ccc(C)cc2)C[C@@H]1c1ccc(C)cc1. The molecule has 0 N–H and O–H groups in total. The lowest BCUT2D eigenvalue weighted by Gasteiger charge is -2.29. The highest BCUT2D eigenvalue weighted by molar-refractivity contribution is 6.10. The van der Waals surface area contributed by atoms with Gasteiger partial charge in [0.05, 0.1) is 6.61 Å². The van der Waals surface area contributed by atoms with Gasteiger partial charge in [-0.25, -0.2) is 0 Å². The van der Waals surface area contributed by atoms with Gasteiger partial charge in [-0.3, -0.25) is 9.59 Å². The normalized spacial score (nSPS) is 19.8. The Morgan fingerprint density at radius 2 is 1.58 bits per heavy atom. The highest BCUT2D eigenvalue weighted by atomic mass is 16.5. The summed E-state index contributed by atoms with van der Waals surface area (Å²) < 4.78 is 5.19. The number of ketones is 1. The molecular weight excluding hydrogens is 324 g/mol. The minimum Gasteiger partial charge on any atom is -0.465 e. The third-order valence-electron chi connectivity index (χ3n) is 4.93. The van der Waals surface area contributed by atoms with E-state index in [4.69, 9.17) is 4.74 Å². The van der Waals surface area contributed by atoms with Crippen molar-refractivity contribution in [2.24, 2.45) is 5.92 Å². The van der Waals surface area contributed by atoms with Crippen LogP contribution in [0.3, 0.4) is 0 Å². The number of carbonyl (C=O) groups excluding carboxylic acids is 2. The van der Waals surface area contributed by atoms with Crippen molar-refractivity contribution in [2.75, 3.05) is 6.61 Å². The second-order valence-corrected chi connectivity index (χ2v) is 6.89. The summed E-state index contributed by atoms with van der Waals surface area (Å²) in [5, 5.41) is 0. The molecule has 3 nitrogen and oxygen atoms in total. The van der Waals surface area contributed by atoms with E-state index in [1.807, 2.05) is 62.4 Å². The molecule has 0 aromatic heterocycles. The molecule has 2 atom stereocenters. The maximum Gasteiger partial charge on any atom is 0.317 e. The average Bonchev–Trinajstić information content (AvgIpc) is 2.62. The average molecular weight is 348 g/mol. The van der Waals surface area contributed by atoms with Gasteiger partial charge in [0.2, 0.25) is 0 Å². The molecule has 2 aromatic carbocycles. The number of rotatable bonds is 4. The monoisotopic (exact) mass is 348 g/mol. The lowest BCUT2D eigenvalue weighted by Crippen LogP contribution is -2.34. The zero-order chi connectivity index (χ0) is 18.7. The van der Waals surface area contributed by atoms with Crippen LogP contribution in [0, 0.1) is 19.8 Å². The number of allylic oxidation sites excluding steroid dienone is 2.